The zero-order chi connectivity index (χ0) is 35.9. The van der Waals surface area contributed by atoms with Crippen molar-refractivity contribution in [1.82, 2.24) is 0 Å². The minimum Gasteiger partial charge on any atom is -0.462 e. The van der Waals surface area contributed by atoms with Crippen molar-refractivity contribution in [2.45, 2.75) is 245 Å². The average molecular weight is 695 g/mol. The summed E-state index contributed by atoms with van der Waals surface area (Å²) in [6, 6.07) is 0. The quantitative estimate of drug-likeness (QED) is 0.0362. The maximum absolute atomic E-state index is 12.6. The third-order valence-electron chi connectivity index (χ3n) is 9.61. The average Bonchev–Trinajstić information content (AvgIpc) is 3.10. The van der Waals surface area contributed by atoms with Crippen LogP contribution in [-0.2, 0) is 28.6 Å². The van der Waals surface area contributed by atoms with E-state index in [0.29, 0.717) is 19.3 Å². The molecule has 0 rings (SSSR count). The highest BCUT2D eigenvalue weighted by Gasteiger charge is 2.19. The lowest BCUT2D eigenvalue weighted by Gasteiger charge is -2.18. The first kappa shape index (κ1) is 47.4. The normalized spacial score (nSPS) is 11.8. The second kappa shape index (κ2) is 39.2. The Hall–Kier alpha value is -1.59. The first-order valence-electron chi connectivity index (χ1n) is 21.5. The zero-order valence-electron chi connectivity index (χ0n) is 33.0. The standard InChI is InChI=1S/C43H82O6/c1-4-7-10-13-16-19-20-21-22-25-27-30-33-36-42(45)48-39-40(49-43(46)37-34-31-28-24-18-15-12-9-6-3)38-47-41(44)35-32-29-26-23-17-14-11-8-5-2/h40H,4-39H2,1-3H3. The molecule has 0 aromatic rings. The largest absolute Gasteiger partial charge is 0.462 e. The molecule has 0 N–H and O–H groups in total. The molecule has 0 aliphatic heterocycles. The van der Waals surface area contributed by atoms with Crippen molar-refractivity contribution in [3.05, 3.63) is 0 Å². The zero-order valence-corrected chi connectivity index (χ0v) is 33.0. The van der Waals surface area contributed by atoms with Gasteiger partial charge in [0.25, 0.3) is 0 Å². The number of unbranched alkanes of at least 4 members (excludes halogenated alkanes) is 28. The van der Waals surface area contributed by atoms with Crippen LogP contribution >= 0.6 is 0 Å². The molecule has 1 atom stereocenters. The lowest BCUT2D eigenvalue weighted by atomic mass is 10.0. The molecule has 49 heavy (non-hydrogen) atoms. The van der Waals surface area contributed by atoms with E-state index in [4.69, 9.17) is 14.2 Å². The molecule has 0 aliphatic carbocycles. The van der Waals surface area contributed by atoms with Crippen LogP contribution in [0.4, 0.5) is 0 Å². The summed E-state index contributed by atoms with van der Waals surface area (Å²) in [6.07, 6.45) is 38.0. The minimum atomic E-state index is -0.756. The smallest absolute Gasteiger partial charge is 0.306 e. The van der Waals surface area contributed by atoms with Crippen molar-refractivity contribution in [3.63, 3.8) is 0 Å². The van der Waals surface area contributed by atoms with E-state index in [1.54, 1.807) is 0 Å². The van der Waals surface area contributed by atoms with Crippen LogP contribution in [0, 0.1) is 0 Å². The number of carbonyl (C=O) groups is 3. The van der Waals surface area contributed by atoms with Crippen molar-refractivity contribution in [3.8, 4) is 0 Å². The topological polar surface area (TPSA) is 78.9 Å². The van der Waals surface area contributed by atoms with Crippen LogP contribution in [-0.4, -0.2) is 37.2 Å². The van der Waals surface area contributed by atoms with Gasteiger partial charge in [-0.25, -0.2) is 0 Å². The van der Waals surface area contributed by atoms with Gasteiger partial charge < -0.3 is 14.2 Å². The van der Waals surface area contributed by atoms with E-state index in [-0.39, 0.29) is 31.1 Å². The van der Waals surface area contributed by atoms with Crippen LogP contribution in [0.5, 0.6) is 0 Å². The molecule has 0 aromatic carbocycles. The maximum atomic E-state index is 12.6. The summed E-state index contributed by atoms with van der Waals surface area (Å²) >= 11 is 0. The third-order valence-corrected chi connectivity index (χ3v) is 9.61. The van der Waals surface area contributed by atoms with Crippen molar-refractivity contribution >= 4 is 17.9 Å². The highest BCUT2D eigenvalue weighted by molar-refractivity contribution is 5.71. The van der Waals surface area contributed by atoms with Crippen molar-refractivity contribution in [2.24, 2.45) is 0 Å². The predicted molar refractivity (Wildman–Crippen MR) is 206 cm³/mol. The fourth-order valence-corrected chi connectivity index (χ4v) is 6.32. The van der Waals surface area contributed by atoms with Gasteiger partial charge in [0.1, 0.15) is 13.2 Å². The van der Waals surface area contributed by atoms with Crippen LogP contribution < -0.4 is 0 Å². The fraction of sp³-hybridized carbons (Fsp3) is 0.930. The third kappa shape index (κ3) is 37.5. The summed E-state index contributed by atoms with van der Waals surface area (Å²) in [5.41, 5.74) is 0. The van der Waals surface area contributed by atoms with Gasteiger partial charge in [-0.1, -0.05) is 201 Å². The summed E-state index contributed by atoms with van der Waals surface area (Å²) in [7, 11) is 0. The van der Waals surface area contributed by atoms with Gasteiger partial charge in [-0.05, 0) is 19.3 Å². The van der Waals surface area contributed by atoms with E-state index >= 15 is 0 Å². The number of hydrogen-bond donors (Lipinski definition) is 0. The van der Waals surface area contributed by atoms with E-state index in [1.807, 2.05) is 0 Å². The molecule has 1 unspecified atom stereocenters. The highest BCUT2D eigenvalue weighted by atomic mass is 16.6. The molecule has 0 aliphatic rings. The van der Waals surface area contributed by atoms with E-state index in [0.717, 1.165) is 57.8 Å². The summed E-state index contributed by atoms with van der Waals surface area (Å²) in [6.45, 7) is 6.60. The van der Waals surface area contributed by atoms with Crippen molar-refractivity contribution in [2.75, 3.05) is 13.2 Å². The lowest BCUT2D eigenvalue weighted by molar-refractivity contribution is -0.167. The molecule has 0 fully saturated rings. The fourth-order valence-electron chi connectivity index (χ4n) is 6.32. The van der Waals surface area contributed by atoms with Crippen LogP contribution in [0.25, 0.3) is 0 Å². The summed E-state index contributed by atoms with van der Waals surface area (Å²) < 4.78 is 16.6. The van der Waals surface area contributed by atoms with Gasteiger partial charge in [0.05, 0.1) is 0 Å². The van der Waals surface area contributed by atoms with Gasteiger partial charge in [-0.15, -0.1) is 0 Å². The van der Waals surface area contributed by atoms with Crippen LogP contribution in [0.15, 0.2) is 0 Å². The van der Waals surface area contributed by atoms with Gasteiger partial charge in [-0.2, -0.15) is 0 Å². The molecule has 6 nitrogen and oxygen atoms in total. The maximum Gasteiger partial charge on any atom is 0.306 e. The Morgan fingerprint density at radius 3 is 0.816 bits per heavy atom. The Kier molecular flexibility index (Phi) is 37.9. The molecular weight excluding hydrogens is 612 g/mol. The highest BCUT2D eigenvalue weighted by Crippen LogP contribution is 2.15. The van der Waals surface area contributed by atoms with E-state index in [2.05, 4.69) is 20.8 Å². The first-order valence-corrected chi connectivity index (χ1v) is 21.5. The Morgan fingerprint density at radius 2 is 0.551 bits per heavy atom. The van der Waals surface area contributed by atoms with Gasteiger partial charge in [0.15, 0.2) is 6.10 Å². The molecule has 0 radical (unpaired) electrons. The Balaban J connectivity index is 4.29. The summed E-state index contributed by atoms with van der Waals surface area (Å²) in [4.78, 5) is 37.5. The van der Waals surface area contributed by atoms with Crippen LogP contribution in [0.3, 0.4) is 0 Å². The molecule has 6 heteroatoms. The number of esters is 3. The van der Waals surface area contributed by atoms with E-state index < -0.39 is 6.10 Å². The number of hydrogen-bond acceptors (Lipinski definition) is 6. The monoisotopic (exact) mass is 695 g/mol. The summed E-state index contributed by atoms with van der Waals surface area (Å²) in [5.74, 6) is -0.860. The molecule has 290 valence electrons. The molecule has 0 aromatic heterocycles. The predicted octanol–water partition coefficient (Wildman–Crippen LogP) is 13.3. The first-order chi connectivity index (χ1) is 24.0. The molecule has 0 saturated carbocycles. The molecular formula is C43H82O6. The van der Waals surface area contributed by atoms with Gasteiger partial charge in [-0.3, -0.25) is 14.4 Å². The Bertz CT molecular complexity index is 723. The van der Waals surface area contributed by atoms with Gasteiger partial charge in [0, 0.05) is 19.3 Å². The number of carbonyl (C=O) groups excluding carboxylic acids is 3. The van der Waals surface area contributed by atoms with Gasteiger partial charge in [0.2, 0.25) is 0 Å². The lowest BCUT2D eigenvalue weighted by Crippen LogP contribution is -2.30. The molecule has 0 bridgehead atoms. The Labute approximate surface area is 304 Å². The van der Waals surface area contributed by atoms with Gasteiger partial charge >= 0.3 is 17.9 Å². The Morgan fingerprint density at radius 1 is 0.327 bits per heavy atom. The second-order valence-corrected chi connectivity index (χ2v) is 14.6. The van der Waals surface area contributed by atoms with Crippen LogP contribution in [0.2, 0.25) is 0 Å². The van der Waals surface area contributed by atoms with E-state index in [9.17, 15) is 14.4 Å². The van der Waals surface area contributed by atoms with E-state index in [1.165, 1.54) is 141 Å². The molecule has 0 amide bonds. The molecule has 0 heterocycles. The number of rotatable bonds is 39. The summed E-state index contributed by atoms with van der Waals surface area (Å²) in [5, 5.41) is 0. The SMILES string of the molecule is CCCCCCCCCCCCCCCC(=O)OCC(COC(=O)CCCCCCCCCCC)OC(=O)CCCCCCCCCCC. The second-order valence-electron chi connectivity index (χ2n) is 14.6. The van der Waals surface area contributed by atoms with Crippen molar-refractivity contribution in [1.29, 1.82) is 0 Å². The van der Waals surface area contributed by atoms with Crippen molar-refractivity contribution < 1.29 is 28.6 Å². The number of ether oxygens (including phenoxy) is 3. The van der Waals surface area contributed by atoms with Crippen LogP contribution in [0.1, 0.15) is 239 Å². The molecule has 0 spiro atoms. The molecule has 0 saturated heterocycles. The minimum absolute atomic E-state index is 0.0634.